The average molecular weight is 377 g/mol. The van der Waals surface area contributed by atoms with Crippen LogP contribution >= 0.6 is 11.3 Å². The highest BCUT2D eigenvalue weighted by atomic mass is 32.1. The Kier molecular flexibility index (Phi) is 6.05. The minimum atomic E-state index is -0.970. The van der Waals surface area contributed by atoms with E-state index in [1.54, 1.807) is 17.5 Å². The quantitative estimate of drug-likeness (QED) is 0.833. The summed E-state index contributed by atoms with van der Waals surface area (Å²) in [5.41, 5.74) is 0. The number of carboxylic acids is 1. The van der Waals surface area contributed by atoms with E-state index in [0.717, 1.165) is 43.0 Å². The number of thiophene rings is 1. The molecular weight excluding hydrogens is 354 g/mol. The number of hydrogen-bond acceptors (Lipinski definition) is 6. The monoisotopic (exact) mass is 377 g/mol. The van der Waals surface area contributed by atoms with Gasteiger partial charge in [0.2, 0.25) is 11.8 Å². The lowest BCUT2D eigenvalue weighted by molar-refractivity contribution is -0.145. The third-order valence-corrected chi connectivity index (χ3v) is 5.50. The van der Waals surface area contributed by atoms with E-state index in [2.05, 4.69) is 9.88 Å². The minimum Gasteiger partial charge on any atom is -0.480 e. The molecule has 0 saturated carbocycles. The Balaban J connectivity index is 1.58. The molecule has 0 aliphatic carbocycles. The molecule has 7 nitrogen and oxygen atoms in total. The Morgan fingerprint density at radius 1 is 1.42 bits per heavy atom. The molecular formula is C18H23N3O4S. The number of oxazole rings is 1. The topological polar surface area (TPSA) is 86.9 Å². The summed E-state index contributed by atoms with van der Waals surface area (Å²) < 4.78 is 5.85. The molecule has 0 aromatic carbocycles. The smallest absolute Gasteiger partial charge is 0.323 e. The lowest BCUT2D eigenvalue weighted by atomic mass is 10.1. The van der Waals surface area contributed by atoms with Gasteiger partial charge in [0.15, 0.2) is 5.76 Å². The molecule has 1 N–H and O–H groups in total. The molecule has 0 radical (unpaired) electrons. The van der Waals surface area contributed by atoms with Crippen LogP contribution in [-0.4, -0.2) is 57.4 Å². The molecule has 1 aliphatic rings. The van der Waals surface area contributed by atoms with Crippen molar-refractivity contribution in [3.63, 3.8) is 0 Å². The molecule has 140 valence electrons. The lowest BCUT2D eigenvalue weighted by Crippen LogP contribution is -2.42. The molecule has 26 heavy (non-hydrogen) atoms. The molecule has 1 unspecified atom stereocenters. The molecule has 1 saturated heterocycles. The van der Waals surface area contributed by atoms with Gasteiger partial charge in [-0.25, -0.2) is 4.98 Å². The molecule has 0 spiro atoms. The Morgan fingerprint density at radius 3 is 2.96 bits per heavy atom. The van der Waals surface area contributed by atoms with Crippen LogP contribution in [0.2, 0.25) is 0 Å². The second-order valence-corrected chi connectivity index (χ2v) is 7.44. The number of carbonyl (C=O) groups excluding carboxylic acids is 1. The van der Waals surface area contributed by atoms with Gasteiger partial charge >= 0.3 is 5.97 Å². The van der Waals surface area contributed by atoms with Crippen LogP contribution in [0.1, 0.15) is 32.1 Å². The maximum Gasteiger partial charge on any atom is 0.323 e. The Morgan fingerprint density at radius 2 is 2.27 bits per heavy atom. The summed E-state index contributed by atoms with van der Waals surface area (Å²) in [6.07, 6.45) is 4.24. The number of hydrogen-bond donors (Lipinski definition) is 1. The van der Waals surface area contributed by atoms with Crippen molar-refractivity contribution in [1.82, 2.24) is 14.8 Å². The van der Waals surface area contributed by atoms with Crippen molar-refractivity contribution in [2.45, 2.75) is 38.8 Å². The fourth-order valence-corrected chi connectivity index (χ4v) is 4.03. The first-order valence-electron chi connectivity index (χ1n) is 8.73. The summed E-state index contributed by atoms with van der Waals surface area (Å²) in [6, 6.07) is 3.96. The first-order valence-corrected chi connectivity index (χ1v) is 9.61. The van der Waals surface area contributed by atoms with Crippen LogP contribution in [-0.2, 0) is 16.1 Å². The van der Waals surface area contributed by atoms with E-state index >= 15 is 0 Å². The zero-order valence-corrected chi connectivity index (χ0v) is 15.6. The lowest BCUT2D eigenvalue weighted by Gasteiger charge is -2.28. The maximum atomic E-state index is 11.8. The van der Waals surface area contributed by atoms with Gasteiger partial charge in [0.25, 0.3) is 0 Å². The molecule has 1 aliphatic heterocycles. The van der Waals surface area contributed by atoms with E-state index in [4.69, 9.17) is 9.52 Å². The highest BCUT2D eigenvalue weighted by Gasteiger charge is 2.26. The van der Waals surface area contributed by atoms with Gasteiger partial charge in [0.1, 0.15) is 6.54 Å². The van der Waals surface area contributed by atoms with Crippen LogP contribution in [0.25, 0.3) is 10.6 Å². The first-order chi connectivity index (χ1) is 12.5. The van der Waals surface area contributed by atoms with Gasteiger partial charge in [0.05, 0.1) is 17.6 Å². The van der Waals surface area contributed by atoms with E-state index in [9.17, 15) is 9.59 Å². The summed E-state index contributed by atoms with van der Waals surface area (Å²) in [4.78, 5) is 32.0. The number of carbonyl (C=O) groups is 2. The van der Waals surface area contributed by atoms with Crippen molar-refractivity contribution in [3.8, 4) is 10.6 Å². The van der Waals surface area contributed by atoms with Gasteiger partial charge in [-0.3, -0.25) is 14.5 Å². The van der Waals surface area contributed by atoms with E-state index in [0.29, 0.717) is 12.4 Å². The molecule has 2 aromatic heterocycles. The van der Waals surface area contributed by atoms with Crippen molar-refractivity contribution < 1.29 is 19.1 Å². The Hall–Kier alpha value is -2.19. The zero-order chi connectivity index (χ0) is 18.5. The molecule has 2 aromatic rings. The SMILES string of the molecule is CC(=O)N(CC(=O)O)C1CCCN(Cc2ncc(-c3cccs3)o2)CC1. The third kappa shape index (κ3) is 4.70. The minimum absolute atomic E-state index is 0.0279. The Bertz CT molecular complexity index is 743. The molecule has 3 heterocycles. The van der Waals surface area contributed by atoms with Crippen LogP contribution < -0.4 is 0 Å². The van der Waals surface area contributed by atoms with Crippen LogP contribution in [0.3, 0.4) is 0 Å². The van der Waals surface area contributed by atoms with E-state index in [-0.39, 0.29) is 18.5 Å². The molecule has 1 fully saturated rings. The summed E-state index contributed by atoms with van der Waals surface area (Å²) >= 11 is 1.62. The third-order valence-electron chi connectivity index (χ3n) is 4.62. The fraction of sp³-hybridized carbons (Fsp3) is 0.500. The predicted molar refractivity (Wildman–Crippen MR) is 97.8 cm³/mol. The van der Waals surface area contributed by atoms with Gasteiger partial charge in [0, 0.05) is 19.5 Å². The summed E-state index contributed by atoms with van der Waals surface area (Å²) in [6.45, 7) is 3.49. The highest BCUT2D eigenvalue weighted by Crippen LogP contribution is 2.26. The predicted octanol–water partition coefficient (Wildman–Crippen LogP) is 2.69. The normalized spacial score (nSPS) is 18.4. The molecule has 1 atom stereocenters. The van der Waals surface area contributed by atoms with Crippen LogP contribution in [0.15, 0.2) is 28.1 Å². The van der Waals surface area contributed by atoms with Gasteiger partial charge < -0.3 is 14.4 Å². The van der Waals surface area contributed by atoms with Crippen molar-refractivity contribution in [2.75, 3.05) is 19.6 Å². The van der Waals surface area contributed by atoms with E-state index in [1.807, 2.05) is 17.5 Å². The maximum absolute atomic E-state index is 11.8. The number of amides is 1. The second-order valence-electron chi connectivity index (χ2n) is 6.50. The van der Waals surface area contributed by atoms with Gasteiger partial charge in [-0.05, 0) is 37.3 Å². The molecule has 1 amide bonds. The first kappa shape index (κ1) is 18.6. The molecule has 0 bridgehead atoms. The molecule has 8 heteroatoms. The zero-order valence-electron chi connectivity index (χ0n) is 14.8. The van der Waals surface area contributed by atoms with Gasteiger partial charge in [-0.15, -0.1) is 11.3 Å². The van der Waals surface area contributed by atoms with Crippen molar-refractivity contribution in [3.05, 3.63) is 29.6 Å². The largest absolute Gasteiger partial charge is 0.480 e. The van der Waals surface area contributed by atoms with Crippen molar-refractivity contribution >= 4 is 23.2 Å². The number of carboxylic acid groups (broad SMARTS) is 1. The standard InChI is InChI=1S/C18H23N3O4S/c1-13(22)21(12-18(23)24)14-4-2-7-20(8-6-14)11-17-19-10-15(25-17)16-5-3-9-26-16/h3,5,9-10,14H,2,4,6-8,11-12H2,1H3,(H,23,24). The summed E-state index contributed by atoms with van der Waals surface area (Å²) in [5.74, 6) is 0.314. The number of aromatic nitrogens is 1. The van der Waals surface area contributed by atoms with Crippen molar-refractivity contribution in [1.29, 1.82) is 0 Å². The van der Waals surface area contributed by atoms with E-state index < -0.39 is 5.97 Å². The summed E-state index contributed by atoms with van der Waals surface area (Å²) in [7, 11) is 0. The number of aliphatic carboxylic acids is 1. The highest BCUT2D eigenvalue weighted by molar-refractivity contribution is 7.13. The van der Waals surface area contributed by atoms with Gasteiger partial charge in [-0.2, -0.15) is 0 Å². The number of rotatable bonds is 6. The van der Waals surface area contributed by atoms with Gasteiger partial charge in [-0.1, -0.05) is 6.07 Å². The molecule has 3 rings (SSSR count). The van der Waals surface area contributed by atoms with Crippen LogP contribution in [0, 0.1) is 0 Å². The summed E-state index contributed by atoms with van der Waals surface area (Å²) in [5, 5.41) is 11.0. The average Bonchev–Trinajstić information content (AvgIpc) is 3.21. The fourth-order valence-electron chi connectivity index (χ4n) is 3.36. The van der Waals surface area contributed by atoms with E-state index in [1.165, 1.54) is 11.8 Å². The van der Waals surface area contributed by atoms with Crippen LogP contribution in [0.5, 0.6) is 0 Å². The number of nitrogens with zero attached hydrogens (tertiary/aromatic N) is 3. The van der Waals surface area contributed by atoms with Crippen molar-refractivity contribution in [2.24, 2.45) is 0 Å². The second kappa shape index (κ2) is 8.46. The number of likely N-dealkylation sites (tertiary alicyclic amines) is 1. The van der Waals surface area contributed by atoms with Crippen LogP contribution in [0.4, 0.5) is 0 Å². The Labute approximate surface area is 156 Å².